The van der Waals surface area contributed by atoms with Crippen LogP contribution in [0.1, 0.15) is 17.5 Å². The molecule has 1 fully saturated rings. The van der Waals surface area contributed by atoms with Crippen molar-refractivity contribution in [3.8, 4) is 0 Å². The highest BCUT2D eigenvalue weighted by Gasteiger charge is 2.37. The minimum absolute atomic E-state index is 0.101. The van der Waals surface area contributed by atoms with Crippen molar-refractivity contribution in [2.24, 2.45) is 5.92 Å². The molecule has 0 N–H and O–H groups in total. The molecule has 4 heteroatoms. The van der Waals surface area contributed by atoms with Gasteiger partial charge in [0.1, 0.15) is 5.82 Å². The van der Waals surface area contributed by atoms with Gasteiger partial charge in [0.15, 0.2) is 0 Å². The summed E-state index contributed by atoms with van der Waals surface area (Å²) in [6, 6.07) is 11.7. The Kier molecular flexibility index (Phi) is 4.18. The van der Waals surface area contributed by atoms with Gasteiger partial charge < -0.3 is 4.90 Å². The molecule has 1 aliphatic heterocycles. The number of likely N-dealkylation sites (tertiary alicyclic amines) is 1. The summed E-state index contributed by atoms with van der Waals surface area (Å²) in [5.41, 5.74) is 1.75. The maximum absolute atomic E-state index is 13.7. The molecule has 22 heavy (non-hydrogen) atoms. The second-order valence-electron chi connectivity index (χ2n) is 5.90. The highest BCUT2D eigenvalue weighted by atomic mass is 19.1. The van der Waals surface area contributed by atoms with Gasteiger partial charge in [0.05, 0.1) is 0 Å². The van der Waals surface area contributed by atoms with Crippen LogP contribution in [-0.4, -0.2) is 28.9 Å². The molecule has 1 aromatic heterocycles. The molecule has 1 aromatic carbocycles. The molecule has 1 amide bonds. The van der Waals surface area contributed by atoms with Gasteiger partial charge in [-0.15, -0.1) is 0 Å². The number of nitrogens with zero attached hydrogens (tertiary/aromatic N) is 2. The quantitative estimate of drug-likeness (QED) is 0.869. The van der Waals surface area contributed by atoms with Crippen LogP contribution in [0.25, 0.3) is 0 Å². The summed E-state index contributed by atoms with van der Waals surface area (Å²) in [6.07, 6.45) is 4.98. The lowest BCUT2D eigenvalue weighted by Gasteiger charge is -2.19. The summed E-state index contributed by atoms with van der Waals surface area (Å²) in [4.78, 5) is 18.2. The Hall–Kier alpha value is -2.23. The lowest BCUT2D eigenvalue weighted by atomic mass is 9.94. The van der Waals surface area contributed by atoms with Crippen LogP contribution in [0, 0.1) is 11.7 Å². The third-order valence-corrected chi connectivity index (χ3v) is 4.43. The maximum atomic E-state index is 13.7. The number of hydrogen-bond donors (Lipinski definition) is 0. The van der Waals surface area contributed by atoms with Gasteiger partial charge in [-0.3, -0.25) is 9.78 Å². The van der Waals surface area contributed by atoms with Crippen LogP contribution in [0.5, 0.6) is 0 Å². The van der Waals surface area contributed by atoms with Crippen molar-refractivity contribution >= 4 is 5.91 Å². The van der Waals surface area contributed by atoms with E-state index >= 15 is 0 Å². The van der Waals surface area contributed by atoms with E-state index in [1.165, 1.54) is 24.0 Å². The van der Waals surface area contributed by atoms with Gasteiger partial charge in [-0.1, -0.05) is 30.3 Å². The molecule has 1 saturated heterocycles. The molecular weight excluding hydrogens is 279 g/mol. The topological polar surface area (TPSA) is 33.2 Å². The minimum Gasteiger partial charge on any atom is -0.342 e. The van der Waals surface area contributed by atoms with Crippen LogP contribution in [0.3, 0.4) is 0 Å². The number of hydrogen-bond acceptors (Lipinski definition) is 2. The number of rotatable bonds is 4. The normalized spacial score (nSPS) is 21.4. The molecule has 0 radical (unpaired) electrons. The van der Waals surface area contributed by atoms with Crippen LogP contribution < -0.4 is 0 Å². The van der Waals surface area contributed by atoms with Gasteiger partial charge in [0.2, 0.25) is 5.91 Å². The van der Waals surface area contributed by atoms with E-state index in [0.29, 0.717) is 12.0 Å². The second-order valence-corrected chi connectivity index (χ2v) is 5.90. The van der Waals surface area contributed by atoms with E-state index in [1.54, 1.807) is 0 Å². The summed E-state index contributed by atoms with van der Waals surface area (Å²) in [6.45, 7) is 0. The predicted molar refractivity (Wildman–Crippen MR) is 82.7 cm³/mol. The van der Waals surface area contributed by atoms with Gasteiger partial charge in [0.25, 0.3) is 0 Å². The third kappa shape index (κ3) is 3.01. The average molecular weight is 298 g/mol. The van der Waals surface area contributed by atoms with Crippen molar-refractivity contribution in [2.45, 2.75) is 25.3 Å². The summed E-state index contributed by atoms with van der Waals surface area (Å²) in [5.74, 6) is -0.335. The zero-order chi connectivity index (χ0) is 15.5. The molecule has 114 valence electrons. The van der Waals surface area contributed by atoms with Gasteiger partial charge >= 0.3 is 0 Å². The van der Waals surface area contributed by atoms with Crippen molar-refractivity contribution in [1.82, 2.24) is 9.88 Å². The van der Waals surface area contributed by atoms with Crippen LogP contribution in [0.2, 0.25) is 0 Å². The van der Waals surface area contributed by atoms with Crippen LogP contribution in [0.4, 0.5) is 4.39 Å². The van der Waals surface area contributed by atoms with E-state index in [-0.39, 0.29) is 23.7 Å². The molecule has 2 heterocycles. The van der Waals surface area contributed by atoms with Gasteiger partial charge in [0, 0.05) is 37.0 Å². The largest absolute Gasteiger partial charge is 0.342 e. The Labute approximate surface area is 129 Å². The van der Waals surface area contributed by atoms with E-state index in [1.807, 2.05) is 30.1 Å². The molecule has 2 atom stereocenters. The number of pyridine rings is 1. The summed E-state index contributed by atoms with van der Waals surface area (Å²) in [7, 11) is 1.84. The molecule has 0 aliphatic carbocycles. The summed E-state index contributed by atoms with van der Waals surface area (Å²) >= 11 is 0. The summed E-state index contributed by atoms with van der Waals surface area (Å²) < 4.78 is 13.7. The number of carbonyl (C=O) groups is 1. The molecule has 1 aliphatic rings. The van der Waals surface area contributed by atoms with Crippen molar-refractivity contribution in [2.75, 3.05) is 7.05 Å². The number of aromatic nitrogens is 1. The maximum Gasteiger partial charge on any atom is 0.226 e. The minimum atomic E-state index is -0.281. The SMILES string of the molecule is CN1C(=O)C(Cc2cnccc2F)C[C@@H]1Cc1ccccc1. The summed E-state index contributed by atoms with van der Waals surface area (Å²) in [5, 5.41) is 0. The predicted octanol–water partition coefficient (Wildman–Crippen LogP) is 2.85. The zero-order valence-electron chi connectivity index (χ0n) is 12.6. The highest BCUT2D eigenvalue weighted by Crippen LogP contribution is 2.29. The molecule has 0 bridgehead atoms. The first kappa shape index (κ1) is 14.7. The standard InChI is InChI=1S/C18H19FN2O/c1-21-16(9-13-5-3-2-4-6-13)11-14(18(21)22)10-15-12-20-8-7-17(15)19/h2-8,12,14,16H,9-11H2,1H3/t14?,16-/m0/s1. The van der Waals surface area contributed by atoms with E-state index < -0.39 is 0 Å². The Balaban J connectivity index is 1.70. The van der Waals surface area contributed by atoms with E-state index in [4.69, 9.17) is 0 Å². The van der Waals surface area contributed by atoms with Crippen LogP contribution >= 0.6 is 0 Å². The molecular formula is C18H19FN2O. The first-order chi connectivity index (χ1) is 10.6. The zero-order valence-corrected chi connectivity index (χ0v) is 12.6. The number of carbonyl (C=O) groups excluding carboxylic acids is 1. The number of halogens is 1. The monoisotopic (exact) mass is 298 g/mol. The van der Waals surface area contributed by atoms with Gasteiger partial charge in [-0.2, -0.15) is 0 Å². The van der Waals surface area contributed by atoms with Crippen LogP contribution in [0.15, 0.2) is 48.8 Å². The number of likely N-dealkylation sites (N-methyl/N-ethyl adjacent to an activating group) is 1. The fourth-order valence-electron chi connectivity index (χ4n) is 3.16. The Morgan fingerprint density at radius 3 is 2.73 bits per heavy atom. The van der Waals surface area contributed by atoms with Crippen LogP contribution in [-0.2, 0) is 17.6 Å². The van der Waals surface area contributed by atoms with E-state index in [2.05, 4.69) is 17.1 Å². The molecule has 0 saturated carbocycles. The highest BCUT2D eigenvalue weighted by molar-refractivity contribution is 5.81. The van der Waals surface area contributed by atoms with Crippen molar-refractivity contribution in [3.05, 3.63) is 65.7 Å². The van der Waals surface area contributed by atoms with Gasteiger partial charge in [-0.25, -0.2) is 4.39 Å². The van der Waals surface area contributed by atoms with Crippen molar-refractivity contribution in [1.29, 1.82) is 0 Å². The Morgan fingerprint density at radius 1 is 1.23 bits per heavy atom. The average Bonchev–Trinajstić information content (AvgIpc) is 2.79. The van der Waals surface area contributed by atoms with Crippen molar-refractivity contribution in [3.63, 3.8) is 0 Å². The lowest BCUT2D eigenvalue weighted by molar-refractivity contribution is -0.130. The molecule has 0 spiro atoms. The molecule has 3 rings (SSSR count). The Morgan fingerprint density at radius 2 is 2.00 bits per heavy atom. The van der Waals surface area contributed by atoms with Crippen molar-refractivity contribution < 1.29 is 9.18 Å². The second kappa shape index (κ2) is 6.26. The fourth-order valence-corrected chi connectivity index (χ4v) is 3.16. The number of amides is 1. The van der Waals surface area contributed by atoms with Gasteiger partial charge in [-0.05, 0) is 30.9 Å². The molecule has 1 unspecified atom stereocenters. The lowest BCUT2D eigenvalue weighted by Crippen LogP contribution is -2.31. The van der Waals surface area contributed by atoms with E-state index in [9.17, 15) is 9.18 Å². The first-order valence-corrected chi connectivity index (χ1v) is 7.54. The smallest absolute Gasteiger partial charge is 0.226 e. The molecule has 2 aromatic rings. The number of benzene rings is 1. The first-order valence-electron chi connectivity index (χ1n) is 7.54. The fraction of sp³-hybridized carbons (Fsp3) is 0.333. The molecule has 3 nitrogen and oxygen atoms in total. The van der Waals surface area contributed by atoms with E-state index in [0.717, 1.165) is 12.8 Å². The Bertz CT molecular complexity index is 659. The third-order valence-electron chi connectivity index (χ3n) is 4.43.